The van der Waals surface area contributed by atoms with Crippen LogP contribution in [0.5, 0.6) is 0 Å². The molecule has 1 rings (SSSR count). The molecule has 1 fully saturated rings. The van der Waals surface area contributed by atoms with Crippen LogP contribution < -0.4 is 0 Å². The standard InChI is InChI=1S/C12H23NO3/c1-3-4-5-6-7-13-8-9-16-10-11(13)12(14)15-2/h11H,3-10H2,1-2H3. The van der Waals surface area contributed by atoms with Crippen molar-refractivity contribution < 1.29 is 14.3 Å². The molecule has 0 aromatic rings. The smallest absolute Gasteiger partial charge is 0.325 e. The molecule has 4 nitrogen and oxygen atoms in total. The summed E-state index contributed by atoms with van der Waals surface area (Å²) in [7, 11) is 1.44. The number of hydrogen-bond donors (Lipinski definition) is 0. The fraction of sp³-hybridized carbons (Fsp3) is 0.917. The summed E-state index contributed by atoms with van der Waals surface area (Å²) in [5.41, 5.74) is 0. The third-order valence-electron chi connectivity index (χ3n) is 3.01. The lowest BCUT2D eigenvalue weighted by Gasteiger charge is -2.33. The average Bonchev–Trinajstić information content (AvgIpc) is 2.34. The number of nitrogens with zero attached hydrogens (tertiary/aromatic N) is 1. The Morgan fingerprint density at radius 2 is 2.25 bits per heavy atom. The summed E-state index contributed by atoms with van der Waals surface area (Å²) in [6.07, 6.45) is 4.90. The van der Waals surface area contributed by atoms with Gasteiger partial charge in [0.15, 0.2) is 0 Å². The van der Waals surface area contributed by atoms with E-state index < -0.39 is 0 Å². The molecule has 0 amide bonds. The topological polar surface area (TPSA) is 38.8 Å². The highest BCUT2D eigenvalue weighted by Gasteiger charge is 2.29. The molecule has 0 saturated carbocycles. The molecule has 16 heavy (non-hydrogen) atoms. The van der Waals surface area contributed by atoms with Crippen LogP contribution in [0, 0.1) is 0 Å². The molecule has 1 unspecified atom stereocenters. The Balaban J connectivity index is 2.32. The normalized spacial score (nSPS) is 22.0. The van der Waals surface area contributed by atoms with Crippen LogP contribution in [0.3, 0.4) is 0 Å². The average molecular weight is 229 g/mol. The molecule has 1 aliphatic rings. The van der Waals surface area contributed by atoms with Crippen molar-refractivity contribution in [2.75, 3.05) is 33.4 Å². The van der Waals surface area contributed by atoms with Crippen LogP contribution in [0.4, 0.5) is 0 Å². The maximum atomic E-state index is 11.5. The predicted molar refractivity (Wildman–Crippen MR) is 62.3 cm³/mol. The molecule has 0 aromatic heterocycles. The monoisotopic (exact) mass is 229 g/mol. The second kappa shape index (κ2) is 7.63. The van der Waals surface area contributed by atoms with E-state index in [-0.39, 0.29) is 12.0 Å². The van der Waals surface area contributed by atoms with Crippen molar-refractivity contribution in [1.29, 1.82) is 0 Å². The van der Waals surface area contributed by atoms with Gasteiger partial charge in [-0.2, -0.15) is 0 Å². The Kier molecular flexibility index (Phi) is 6.42. The van der Waals surface area contributed by atoms with Crippen molar-refractivity contribution in [2.24, 2.45) is 0 Å². The van der Waals surface area contributed by atoms with Gasteiger partial charge >= 0.3 is 5.97 Å². The van der Waals surface area contributed by atoms with Crippen molar-refractivity contribution in [2.45, 2.75) is 38.6 Å². The fourth-order valence-corrected chi connectivity index (χ4v) is 2.00. The van der Waals surface area contributed by atoms with E-state index in [1.54, 1.807) is 0 Å². The number of rotatable bonds is 6. The van der Waals surface area contributed by atoms with Gasteiger partial charge in [-0.05, 0) is 13.0 Å². The zero-order valence-electron chi connectivity index (χ0n) is 10.4. The van der Waals surface area contributed by atoms with Crippen molar-refractivity contribution >= 4 is 5.97 Å². The molecule has 1 heterocycles. The summed E-state index contributed by atoms with van der Waals surface area (Å²) in [5, 5.41) is 0. The van der Waals surface area contributed by atoms with E-state index in [4.69, 9.17) is 9.47 Å². The number of hydrogen-bond acceptors (Lipinski definition) is 4. The molecule has 4 heteroatoms. The maximum absolute atomic E-state index is 11.5. The summed E-state index contributed by atoms with van der Waals surface area (Å²) < 4.78 is 10.1. The zero-order valence-corrected chi connectivity index (χ0v) is 10.4. The molecule has 0 radical (unpaired) electrons. The van der Waals surface area contributed by atoms with E-state index in [0.29, 0.717) is 6.61 Å². The molecular weight excluding hydrogens is 206 g/mol. The molecule has 0 spiro atoms. The SMILES string of the molecule is CCCCCCN1CCOCC1C(=O)OC. The van der Waals surface area contributed by atoms with Crippen molar-refractivity contribution in [1.82, 2.24) is 4.90 Å². The minimum atomic E-state index is -0.194. The molecule has 0 bridgehead atoms. The van der Waals surface area contributed by atoms with E-state index in [1.165, 1.54) is 26.4 Å². The lowest BCUT2D eigenvalue weighted by molar-refractivity contribution is -0.153. The third-order valence-corrected chi connectivity index (χ3v) is 3.01. The molecule has 94 valence electrons. The van der Waals surface area contributed by atoms with E-state index in [1.807, 2.05) is 0 Å². The first kappa shape index (κ1) is 13.5. The van der Waals surface area contributed by atoms with Gasteiger partial charge in [0.05, 0.1) is 20.3 Å². The summed E-state index contributed by atoms with van der Waals surface area (Å²) >= 11 is 0. The minimum absolute atomic E-state index is 0.171. The number of carbonyl (C=O) groups excluding carboxylic acids is 1. The van der Waals surface area contributed by atoms with Gasteiger partial charge in [0.2, 0.25) is 0 Å². The summed E-state index contributed by atoms with van der Waals surface area (Å²) in [6.45, 7) is 5.21. The van der Waals surface area contributed by atoms with Gasteiger partial charge in [-0.15, -0.1) is 0 Å². The first-order valence-electron chi connectivity index (χ1n) is 6.19. The second-order valence-electron chi connectivity index (χ2n) is 4.21. The number of carbonyl (C=O) groups is 1. The second-order valence-corrected chi connectivity index (χ2v) is 4.21. The van der Waals surface area contributed by atoms with Gasteiger partial charge < -0.3 is 9.47 Å². The van der Waals surface area contributed by atoms with Gasteiger partial charge in [-0.25, -0.2) is 0 Å². The van der Waals surface area contributed by atoms with Crippen LogP contribution in [0.2, 0.25) is 0 Å². The van der Waals surface area contributed by atoms with Crippen LogP contribution in [-0.2, 0) is 14.3 Å². The van der Waals surface area contributed by atoms with E-state index in [2.05, 4.69) is 11.8 Å². The Labute approximate surface area is 97.9 Å². The van der Waals surface area contributed by atoms with Crippen LogP contribution >= 0.6 is 0 Å². The van der Waals surface area contributed by atoms with Crippen LogP contribution in [0.15, 0.2) is 0 Å². The predicted octanol–water partition coefficient (Wildman–Crippen LogP) is 1.44. The number of ether oxygens (including phenoxy) is 2. The van der Waals surface area contributed by atoms with Gasteiger partial charge in [-0.3, -0.25) is 9.69 Å². The highest BCUT2D eigenvalue weighted by molar-refractivity contribution is 5.75. The Hall–Kier alpha value is -0.610. The van der Waals surface area contributed by atoms with Gasteiger partial charge in [0, 0.05) is 6.54 Å². The van der Waals surface area contributed by atoms with Crippen molar-refractivity contribution in [3.63, 3.8) is 0 Å². The molecule has 1 aliphatic heterocycles. The zero-order chi connectivity index (χ0) is 11.8. The van der Waals surface area contributed by atoms with Gasteiger partial charge in [0.1, 0.15) is 6.04 Å². The number of esters is 1. The molecule has 0 aromatic carbocycles. The highest BCUT2D eigenvalue weighted by Crippen LogP contribution is 2.10. The van der Waals surface area contributed by atoms with Crippen molar-refractivity contribution in [3.8, 4) is 0 Å². The van der Waals surface area contributed by atoms with Crippen LogP contribution in [0.1, 0.15) is 32.6 Å². The molecular formula is C12H23NO3. The largest absolute Gasteiger partial charge is 0.468 e. The Morgan fingerprint density at radius 1 is 1.44 bits per heavy atom. The Morgan fingerprint density at radius 3 is 2.94 bits per heavy atom. The molecule has 1 atom stereocenters. The first-order chi connectivity index (χ1) is 7.79. The van der Waals surface area contributed by atoms with E-state index in [0.717, 1.165) is 26.1 Å². The lowest BCUT2D eigenvalue weighted by atomic mass is 10.1. The number of methoxy groups -OCH3 is 1. The number of unbranched alkanes of at least 4 members (excludes halogenated alkanes) is 3. The van der Waals surface area contributed by atoms with Gasteiger partial charge in [0.25, 0.3) is 0 Å². The Bertz CT molecular complexity index is 208. The number of morpholine rings is 1. The van der Waals surface area contributed by atoms with Crippen LogP contribution in [-0.4, -0.2) is 50.3 Å². The van der Waals surface area contributed by atoms with Crippen LogP contribution in [0.25, 0.3) is 0 Å². The summed E-state index contributed by atoms with van der Waals surface area (Å²) in [6, 6.07) is -0.194. The lowest BCUT2D eigenvalue weighted by Crippen LogP contribution is -2.50. The maximum Gasteiger partial charge on any atom is 0.325 e. The fourth-order valence-electron chi connectivity index (χ4n) is 2.00. The summed E-state index contributed by atoms with van der Waals surface area (Å²) in [4.78, 5) is 13.7. The molecule has 1 saturated heterocycles. The third kappa shape index (κ3) is 4.10. The van der Waals surface area contributed by atoms with Crippen molar-refractivity contribution in [3.05, 3.63) is 0 Å². The quantitative estimate of drug-likeness (QED) is 0.510. The van der Waals surface area contributed by atoms with Gasteiger partial charge in [-0.1, -0.05) is 26.2 Å². The summed E-state index contributed by atoms with van der Waals surface area (Å²) in [5.74, 6) is -0.171. The highest BCUT2D eigenvalue weighted by atomic mass is 16.5. The van der Waals surface area contributed by atoms with E-state index >= 15 is 0 Å². The molecule has 0 N–H and O–H groups in total. The first-order valence-corrected chi connectivity index (χ1v) is 6.19. The minimum Gasteiger partial charge on any atom is -0.468 e. The molecule has 0 aliphatic carbocycles. The van der Waals surface area contributed by atoms with E-state index in [9.17, 15) is 4.79 Å².